The molecule has 0 aromatic heterocycles. The normalized spacial score (nSPS) is 27.8. The zero-order chi connectivity index (χ0) is 6.69. The van der Waals surface area contributed by atoms with Crippen molar-refractivity contribution in [3.05, 3.63) is 0 Å². The van der Waals surface area contributed by atoms with Crippen molar-refractivity contribution in [3.63, 3.8) is 0 Å². The van der Waals surface area contributed by atoms with Gasteiger partial charge in [0.15, 0.2) is 0 Å². The van der Waals surface area contributed by atoms with Crippen LogP contribution in [0.25, 0.3) is 0 Å². The Morgan fingerprint density at radius 3 is 2.89 bits per heavy atom. The number of carbonyl (C=O) groups excluding carboxylic acids is 1. The van der Waals surface area contributed by atoms with E-state index in [1.807, 2.05) is 0 Å². The molecule has 4 heteroatoms. The molecule has 1 fully saturated rings. The lowest BCUT2D eigenvalue weighted by Crippen LogP contribution is -2.43. The first-order valence-corrected chi connectivity index (χ1v) is 2.88. The molecule has 4 nitrogen and oxygen atoms in total. The van der Waals surface area contributed by atoms with Gasteiger partial charge in [-0.3, -0.25) is 10.5 Å². The second-order valence-corrected chi connectivity index (χ2v) is 1.93. The fourth-order valence-electron chi connectivity index (χ4n) is 0.734. The Kier molecular flexibility index (Phi) is 2.02. The van der Waals surface area contributed by atoms with Gasteiger partial charge in [-0.1, -0.05) is 0 Å². The van der Waals surface area contributed by atoms with E-state index in [1.165, 1.54) is 0 Å². The maximum atomic E-state index is 10.3. The predicted octanol–water partition coefficient (Wildman–Crippen LogP) is -1.22. The van der Waals surface area contributed by atoms with E-state index in [1.54, 1.807) is 0 Å². The second-order valence-electron chi connectivity index (χ2n) is 1.93. The molecule has 1 aliphatic heterocycles. The van der Waals surface area contributed by atoms with Crippen molar-refractivity contribution in [2.45, 2.75) is 6.10 Å². The lowest BCUT2D eigenvalue weighted by molar-refractivity contribution is -0.131. The summed E-state index contributed by atoms with van der Waals surface area (Å²) in [4.78, 5) is 10.3. The third kappa shape index (κ3) is 1.65. The molecule has 1 radical (unpaired) electrons. The third-order valence-electron chi connectivity index (χ3n) is 1.22. The molecule has 1 aliphatic rings. The van der Waals surface area contributed by atoms with Gasteiger partial charge in [0, 0.05) is 13.1 Å². The van der Waals surface area contributed by atoms with Gasteiger partial charge in [-0.05, 0) is 0 Å². The quantitative estimate of drug-likeness (QED) is 0.483. The van der Waals surface area contributed by atoms with E-state index in [9.17, 15) is 4.79 Å². The molecule has 0 spiro atoms. The molecule has 0 aromatic rings. The molecule has 1 rings (SSSR count). The van der Waals surface area contributed by atoms with Gasteiger partial charge in [-0.15, -0.1) is 0 Å². The summed E-state index contributed by atoms with van der Waals surface area (Å²) in [6.07, 6.45) is -0.529. The fraction of sp³-hybridized carbons (Fsp3) is 0.800. The monoisotopic (exact) mass is 129 g/mol. The lowest BCUT2D eigenvalue weighted by Gasteiger charge is -2.19. The zero-order valence-electron chi connectivity index (χ0n) is 5.02. The molecule has 1 amide bonds. The number of hydrogen-bond acceptors (Lipinski definition) is 3. The Morgan fingerprint density at radius 2 is 2.56 bits per heavy atom. The highest BCUT2D eigenvalue weighted by Crippen LogP contribution is 1.93. The molecule has 2 N–H and O–H groups in total. The molecule has 0 aromatic carbocycles. The van der Waals surface area contributed by atoms with Crippen LogP contribution in [0.3, 0.4) is 0 Å². The first-order chi connectivity index (χ1) is 4.30. The van der Waals surface area contributed by atoms with Crippen LogP contribution >= 0.6 is 0 Å². The van der Waals surface area contributed by atoms with E-state index < -0.39 is 12.0 Å². The van der Waals surface area contributed by atoms with Crippen LogP contribution in [0.2, 0.25) is 0 Å². The van der Waals surface area contributed by atoms with E-state index in [4.69, 9.17) is 10.5 Å². The number of hydrogen-bond donors (Lipinski definition) is 1. The zero-order valence-corrected chi connectivity index (χ0v) is 5.02. The number of amides is 1. The molecule has 9 heavy (non-hydrogen) atoms. The maximum absolute atomic E-state index is 10.3. The van der Waals surface area contributed by atoms with Crippen LogP contribution in [0.4, 0.5) is 0 Å². The largest absolute Gasteiger partial charge is 0.366 e. The summed E-state index contributed by atoms with van der Waals surface area (Å²) in [5.41, 5.74) is 6.67. The molecule has 1 saturated heterocycles. The van der Waals surface area contributed by atoms with Crippen molar-refractivity contribution in [1.29, 1.82) is 0 Å². The Balaban J connectivity index is 2.31. The van der Waals surface area contributed by atoms with Crippen molar-refractivity contribution < 1.29 is 9.53 Å². The van der Waals surface area contributed by atoms with Gasteiger partial charge < -0.3 is 10.1 Å². The average molecular weight is 129 g/mol. The summed E-state index contributed by atoms with van der Waals surface area (Å²) >= 11 is 0. The van der Waals surface area contributed by atoms with Crippen molar-refractivity contribution in [2.24, 2.45) is 0 Å². The van der Waals surface area contributed by atoms with Crippen molar-refractivity contribution >= 4 is 5.91 Å². The fourth-order valence-corrected chi connectivity index (χ4v) is 0.734. The van der Waals surface area contributed by atoms with Gasteiger partial charge in [-0.25, -0.2) is 0 Å². The van der Waals surface area contributed by atoms with E-state index in [0.29, 0.717) is 13.2 Å². The molecular formula is C5H9N2O2. The van der Waals surface area contributed by atoms with Crippen LogP contribution in [-0.4, -0.2) is 31.7 Å². The first kappa shape index (κ1) is 6.51. The van der Waals surface area contributed by atoms with Crippen LogP contribution in [0, 0.1) is 0 Å². The number of rotatable bonds is 1. The van der Waals surface area contributed by atoms with Crippen LogP contribution in [0.5, 0.6) is 0 Å². The second kappa shape index (κ2) is 2.80. The minimum atomic E-state index is -0.637. The SMILES string of the molecule is [NH]C(=O)C1CNCCO1. The minimum absolute atomic E-state index is 0.488. The van der Waals surface area contributed by atoms with Gasteiger partial charge in [0.2, 0.25) is 0 Å². The first-order valence-electron chi connectivity index (χ1n) is 2.88. The van der Waals surface area contributed by atoms with Gasteiger partial charge in [-0.2, -0.15) is 0 Å². The Bertz CT molecular complexity index is 110. The van der Waals surface area contributed by atoms with Crippen LogP contribution in [-0.2, 0) is 9.53 Å². The molecule has 0 bridgehead atoms. The van der Waals surface area contributed by atoms with E-state index >= 15 is 0 Å². The smallest absolute Gasteiger partial charge is 0.268 e. The standard InChI is InChI=1S/C5H9N2O2/c6-5(8)4-3-7-1-2-9-4/h4,6-7H,1-3H2. The molecule has 0 saturated carbocycles. The summed E-state index contributed by atoms with van der Waals surface area (Å²) in [5, 5.41) is 2.95. The van der Waals surface area contributed by atoms with Gasteiger partial charge in [0.1, 0.15) is 6.10 Å². The van der Waals surface area contributed by atoms with Gasteiger partial charge in [0.25, 0.3) is 5.91 Å². The van der Waals surface area contributed by atoms with Gasteiger partial charge >= 0.3 is 0 Å². The highest BCUT2D eigenvalue weighted by molar-refractivity contribution is 5.78. The molecule has 0 aliphatic carbocycles. The molecule has 1 heterocycles. The summed E-state index contributed by atoms with van der Waals surface area (Å²) in [5.74, 6) is -0.637. The van der Waals surface area contributed by atoms with E-state index in [0.717, 1.165) is 6.54 Å². The summed E-state index contributed by atoms with van der Waals surface area (Å²) in [6.45, 7) is 1.81. The summed E-state index contributed by atoms with van der Waals surface area (Å²) < 4.78 is 4.94. The number of carbonyl (C=O) groups is 1. The van der Waals surface area contributed by atoms with Gasteiger partial charge in [0.05, 0.1) is 6.61 Å². The topological polar surface area (TPSA) is 62.1 Å². The number of nitrogens with one attached hydrogen (secondary N) is 2. The van der Waals surface area contributed by atoms with E-state index in [2.05, 4.69) is 5.32 Å². The molecule has 1 atom stereocenters. The molecule has 1 unspecified atom stereocenters. The van der Waals surface area contributed by atoms with Crippen LogP contribution in [0.15, 0.2) is 0 Å². The molecule has 51 valence electrons. The van der Waals surface area contributed by atoms with Crippen molar-refractivity contribution in [3.8, 4) is 0 Å². The number of ether oxygens (including phenoxy) is 1. The number of morpholine rings is 1. The highest BCUT2D eigenvalue weighted by Gasteiger charge is 2.18. The van der Waals surface area contributed by atoms with Crippen LogP contribution in [0.1, 0.15) is 0 Å². The Morgan fingerprint density at radius 1 is 1.78 bits per heavy atom. The summed E-state index contributed by atoms with van der Waals surface area (Å²) in [6, 6.07) is 0. The van der Waals surface area contributed by atoms with Crippen molar-refractivity contribution in [2.75, 3.05) is 19.7 Å². The molecular weight excluding hydrogens is 120 g/mol. The minimum Gasteiger partial charge on any atom is -0.366 e. The van der Waals surface area contributed by atoms with E-state index in [-0.39, 0.29) is 0 Å². The lowest BCUT2D eigenvalue weighted by atomic mass is 10.3. The van der Waals surface area contributed by atoms with Crippen molar-refractivity contribution in [1.82, 2.24) is 11.1 Å². The Labute approximate surface area is 53.4 Å². The Hall–Kier alpha value is -0.610. The third-order valence-corrected chi connectivity index (χ3v) is 1.22. The summed E-state index contributed by atoms with van der Waals surface area (Å²) in [7, 11) is 0. The van der Waals surface area contributed by atoms with Crippen LogP contribution < -0.4 is 11.1 Å². The maximum Gasteiger partial charge on any atom is 0.268 e. The average Bonchev–Trinajstić information content (AvgIpc) is 1.90. The highest BCUT2D eigenvalue weighted by atomic mass is 16.5. The predicted molar refractivity (Wildman–Crippen MR) is 30.7 cm³/mol.